The molecule has 0 radical (unpaired) electrons. The van der Waals surface area contributed by atoms with E-state index in [-0.39, 0.29) is 43.5 Å². The number of amides is 3. The summed E-state index contributed by atoms with van der Waals surface area (Å²) in [7, 11) is 0. The molecule has 0 N–H and O–H groups in total. The van der Waals surface area contributed by atoms with E-state index in [1.807, 2.05) is 13.0 Å². The van der Waals surface area contributed by atoms with E-state index in [0.29, 0.717) is 27.7 Å². The van der Waals surface area contributed by atoms with Crippen LogP contribution < -0.4 is 14.5 Å². The Morgan fingerprint density at radius 2 is 1.68 bits per heavy atom. The Hall–Kier alpha value is -3.19. The van der Waals surface area contributed by atoms with Gasteiger partial charge >= 0.3 is 5.97 Å². The summed E-state index contributed by atoms with van der Waals surface area (Å²) >= 11 is 6.16. The highest BCUT2D eigenvalue weighted by Gasteiger charge is 2.37. The quantitative estimate of drug-likeness (QED) is 0.412. The highest BCUT2D eigenvalue weighted by molar-refractivity contribution is 6.31. The fraction of sp³-hybridized carbons (Fsp3) is 0.304. The van der Waals surface area contributed by atoms with Gasteiger partial charge in [0.05, 0.1) is 11.6 Å². The third-order valence-electron chi connectivity index (χ3n) is 5.60. The van der Waals surface area contributed by atoms with Gasteiger partial charge in [-0.25, -0.2) is 0 Å². The lowest BCUT2D eigenvalue weighted by molar-refractivity contribution is -0.139. The van der Waals surface area contributed by atoms with Crippen molar-refractivity contribution in [1.82, 2.24) is 0 Å². The van der Waals surface area contributed by atoms with Gasteiger partial charge in [-0.05, 0) is 55.3 Å². The summed E-state index contributed by atoms with van der Waals surface area (Å²) in [5.41, 5.74) is 2.69. The number of ether oxygens (including phenoxy) is 1. The van der Waals surface area contributed by atoms with Crippen molar-refractivity contribution < 1.29 is 23.9 Å². The van der Waals surface area contributed by atoms with Gasteiger partial charge in [-0.15, -0.1) is 0 Å². The summed E-state index contributed by atoms with van der Waals surface area (Å²) < 4.78 is 5.49. The summed E-state index contributed by atoms with van der Waals surface area (Å²) in [6, 6.07) is 10.1. The molecule has 0 saturated carbocycles. The van der Waals surface area contributed by atoms with Crippen molar-refractivity contribution in [2.45, 2.75) is 33.1 Å². The molecule has 0 unspecified atom stereocenters. The molecule has 8 heteroatoms. The first-order valence-corrected chi connectivity index (χ1v) is 10.4. The van der Waals surface area contributed by atoms with Crippen molar-refractivity contribution in [2.75, 3.05) is 16.3 Å². The van der Waals surface area contributed by atoms with Crippen LogP contribution in [0.5, 0.6) is 5.75 Å². The number of imide groups is 1. The molecule has 2 heterocycles. The number of halogens is 1. The van der Waals surface area contributed by atoms with E-state index in [0.717, 1.165) is 5.56 Å². The van der Waals surface area contributed by atoms with Crippen molar-refractivity contribution >= 4 is 46.7 Å². The van der Waals surface area contributed by atoms with E-state index >= 15 is 0 Å². The van der Waals surface area contributed by atoms with Gasteiger partial charge in [0.25, 0.3) is 0 Å². The maximum atomic E-state index is 12.7. The van der Waals surface area contributed by atoms with Crippen molar-refractivity contribution in [3.63, 3.8) is 0 Å². The standard InChI is InChI=1S/C23H21ClN2O5/c1-13-3-4-16(11-18(13)24)25-12-15(10-22(25)29)23(30)31-17-5-6-19(14(2)9-17)26-20(27)7-8-21(26)28/h3-6,9,11,15H,7-8,10,12H2,1-2H3/t15-/m1/s1. The van der Waals surface area contributed by atoms with Gasteiger partial charge < -0.3 is 9.64 Å². The highest BCUT2D eigenvalue weighted by Crippen LogP contribution is 2.32. The van der Waals surface area contributed by atoms with Crippen molar-refractivity contribution in [3.05, 3.63) is 52.5 Å². The van der Waals surface area contributed by atoms with Crippen LogP contribution in [0.4, 0.5) is 11.4 Å². The lowest BCUT2D eigenvalue weighted by Crippen LogP contribution is -2.29. The number of carbonyl (C=O) groups excluding carboxylic acids is 4. The van der Waals surface area contributed by atoms with Gasteiger partial charge in [-0.3, -0.25) is 24.1 Å². The van der Waals surface area contributed by atoms with E-state index in [1.54, 1.807) is 37.3 Å². The zero-order valence-electron chi connectivity index (χ0n) is 17.2. The lowest BCUT2D eigenvalue weighted by atomic mass is 10.1. The first-order chi connectivity index (χ1) is 14.7. The second-order valence-electron chi connectivity index (χ2n) is 7.83. The van der Waals surface area contributed by atoms with Gasteiger partial charge in [0, 0.05) is 36.5 Å². The highest BCUT2D eigenvalue weighted by atomic mass is 35.5. The second kappa shape index (κ2) is 8.15. The number of hydrogen-bond acceptors (Lipinski definition) is 5. The summed E-state index contributed by atoms with van der Waals surface area (Å²) in [6.45, 7) is 3.83. The van der Waals surface area contributed by atoms with Crippen LogP contribution in [0, 0.1) is 19.8 Å². The average Bonchev–Trinajstić information content (AvgIpc) is 3.27. The number of hydrogen-bond donors (Lipinski definition) is 0. The number of benzene rings is 2. The molecule has 2 aromatic rings. The molecule has 0 bridgehead atoms. The van der Waals surface area contributed by atoms with E-state index < -0.39 is 11.9 Å². The van der Waals surface area contributed by atoms with Crippen molar-refractivity contribution in [2.24, 2.45) is 5.92 Å². The van der Waals surface area contributed by atoms with Crippen LogP contribution in [0.1, 0.15) is 30.4 Å². The topological polar surface area (TPSA) is 84.0 Å². The third-order valence-corrected chi connectivity index (χ3v) is 6.01. The van der Waals surface area contributed by atoms with E-state index in [1.165, 1.54) is 9.80 Å². The van der Waals surface area contributed by atoms with Crippen LogP contribution in [-0.4, -0.2) is 30.2 Å². The van der Waals surface area contributed by atoms with Gasteiger partial charge in [0.1, 0.15) is 5.75 Å². The Morgan fingerprint density at radius 1 is 0.968 bits per heavy atom. The van der Waals surface area contributed by atoms with E-state index in [4.69, 9.17) is 16.3 Å². The number of esters is 1. The van der Waals surface area contributed by atoms with Crippen LogP contribution in [0.25, 0.3) is 0 Å². The number of anilines is 2. The summed E-state index contributed by atoms with van der Waals surface area (Å²) in [4.78, 5) is 51.8. The van der Waals surface area contributed by atoms with Crippen molar-refractivity contribution in [3.8, 4) is 5.75 Å². The molecule has 2 fully saturated rings. The Bertz CT molecular complexity index is 1100. The van der Waals surface area contributed by atoms with Crippen LogP contribution >= 0.6 is 11.6 Å². The summed E-state index contributed by atoms with van der Waals surface area (Å²) in [5.74, 6) is -1.45. The van der Waals surface area contributed by atoms with Crippen molar-refractivity contribution in [1.29, 1.82) is 0 Å². The monoisotopic (exact) mass is 440 g/mol. The van der Waals surface area contributed by atoms with E-state index in [2.05, 4.69) is 0 Å². The fourth-order valence-corrected chi connectivity index (χ4v) is 4.03. The molecule has 160 valence electrons. The van der Waals surface area contributed by atoms with Gasteiger partial charge in [-0.1, -0.05) is 17.7 Å². The molecule has 31 heavy (non-hydrogen) atoms. The molecule has 3 amide bonds. The summed E-state index contributed by atoms with van der Waals surface area (Å²) in [5, 5.41) is 0.557. The molecule has 1 atom stereocenters. The zero-order chi connectivity index (χ0) is 22.3. The molecule has 2 aliphatic rings. The smallest absolute Gasteiger partial charge is 0.316 e. The first-order valence-electron chi connectivity index (χ1n) is 9.99. The number of aryl methyl sites for hydroxylation is 2. The molecular formula is C23H21ClN2O5. The predicted molar refractivity (Wildman–Crippen MR) is 115 cm³/mol. The van der Waals surface area contributed by atoms with Crippen LogP contribution in [0.2, 0.25) is 5.02 Å². The zero-order valence-corrected chi connectivity index (χ0v) is 17.9. The van der Waals surface area contributed by atoms with Crippen LogP contribution in [0.3, 0.4) is 0 Å². The molecule has 2 aromatic carbocycles. The van der Waals surface area contributed by atoms with E-state index in [9.17, 15) is 19.2 Å². The molecule has 0 aromatic heterocycles. The number of nitrogens with zero attached hydrogens (tertiary/aromatic N) is 2. The Balaban J connectivity index is 1.45. The Labute approximate surface area is 184 Å². The number of rotatable bonds is 4. The molecule has 2 aliphatic heterocycles. The molecule has 0 aliphatic carbocycles. The minimum Gasteiger partial charge on any atom is -0.426 e. The maximum Gasteiger partial charge on any atom is 0.316 e. The van der Waals surface area contributed by atoms with Crippen LogP contribution in [-0.2, 0) is 19.2 Å². The normalized spacial score (nSPS) is 18.8. The third kappa shape index (κ3) is 4.05. The minimum absolute atomic E-state index is 0.0537. The molecule has 4 rings (SSSR count). The minimum atomic E-state index is -0.603. The van der Waals surface area contributed by atoms with Gasteiger partial charge in [0.2, 0.25) is 17.7 Å². The molecule has 7 nitrogen and oxygen atoms in total. The SMILES string of the molecule is Cc1ccc(N2C[C@H](C(=O)Oc3ccc(N4C(=O)CCC4=O)c(C)c3)CC2=O)cc1Cl. The average molecular weight is 441 g/mol. The predicted octanol–water partition coefficient (Wildman–Crippen LogP) is 3.57. The van der Waals surface area contributed by atoms with Crippen LogP contribution in [0.15, 0.2) is 36.4 Å². The molecule has 0 spiro atoms. The van der Waals surface area contributed by atoms with Gasteiger partial charge in [-0.2, -0.15) is 0 Å². The largest absolute Gasteiger partial charge is 0.426 e. The maximum absolute atomic E-state index is 12.7. The fourth-order valence-electron chi connectivity index (χ4n) is 3.85. The molecule has 2 saturated heterocycles. The lowest BCUT2D eigenvalue weighted by Gasteiger charge is -2.18. The Morgan fingerprint density at radius 3 is 2.32 bits per heavy atom. The van der Waals surface area contributed by atoms with Gasteiger partial charge in [0.15, 0.2) is 0 Å². The molecular weight excluding hydrogens is 420 g/mol. The first kappa shape index (κ1) is 21.1. The second-order valence-corrected chi connectivity index (χ2v) is 8.24. The number of carbonyl (C=O) groups is 4. The Kier molecular flexibility index (Phi) is 5.54. The summed E-state index contributed by atoms with van der Waals surface area (Å²) in [6.07, 6.45) is 0.457.